The first-order chi connectivity index (χ1) is 32.0. The number of allylic oxidation sites excluding steroid dienone is 1. The maximum atomic E-state index is 14.4. The molecule has 0 radical (unpaired) electrons. The normalized spacial score (nSPS) is 19.1. The molecule has 2 aromatic heterocycles. The maximum Gasteiger partial charge on any atom is 0.293 e. The Morgan fingerprint density at radius 2 is 1.76 bits per heavy atom. The van der Waals surface area contributed by atoms with Crippen LogP contribution in [0.5, 0.6) is 5.88 Å². The predicted octanol–water partition coefficient (Wildman–Crippen LogP) is 9.90. The molecule has 5 aromatic rings. The molecule has 0 atom stereocenters. The Labute approximate surface area is 389 Å². The number of rotatable bonds is 12. The Hall–Kier alpha value is -5.74. The molecule has 16 heteroatoms. The minimum atomic E-state index is -4.56. The lowest BCUT2D eigenvalue weighted by molar-refractivity contribution is -0.384. The zero-order valence-corrected chi connectivity index (χ0v) is 38.4. The molecule has 3 aromatic carbocycles. The van der Waals surface area contributed by atoms with Crippen LogP contribution in [0.25, 0.3) is 22.2 Å². The molecule has 5 heterocycles. The van der Waals surface area contributed by atoms with E-state index >= 15 is 0 Å². The average Bonchev–Trinajstić information content (AvgIpc) is 3.68. The zero-order valence-electron chi connectivity index (χ0n) is 36.8. The number of anilines is 3. The number of nitro benzene ring substituents is 1. The Bertz CT molecular complexity index is 2850. The van der Waals surface area contributed by atoms with Gasteiger partial charge in [0.05, 0.1) is 27.7 Å². The molecule has 66 heavy (non-hydrogen) atoms. The molecule has 5 aliphatic rings. The summed E-state index contributed by atoms with van der Waals surface area (Å²) in [4.78, 5) is 38.0. The number of nitrogens with one attached hydrogen (secondary N) is 3. The summed E-state index contributed by atoms with van der Waals surface area (Å²) in [5, 5.41) is 16.9. The number of sulfonamides is 1. The summed E-state index contributed by atoms with van der Waals surface area (Å²) in [5.41, 5.74) is 8.52. The molecular formula is C50H54ClN7O7S. The number of hydrogen-bond donors (Lipinski definition) is 3. The fourth-order valence-corrected chi connectivity index (χ4v) is 11.5. The highest BCUT2D eigenvalue weighted by molar-refractivity contribution is 7.90. The number of aromatic amines is 1. The first-order valence-electron chi connectivity index (χ1n) is 23.1. The van der Waals surface area contributed by atoms with Crippen LogP contribution < -0.4 is 19.7 Å². The largest absolute Gasteiger partial charge is 0.476 e. The Morgan fingerprint density at radius 3 is 2.52 bits per heavy atom. The van der Waals surface area contributed by atoms with Crippen molar-refractivity contribution < 1.29 is 27.6 Å². The van der Waals surface area contributed by atoms with Crippen LogP contribution in [-0.2, 0) is 14.8 Å². The number of carbonyl (C=O) groups excluding carboxylic acids is 1. The number of nitro groups is 1. The first-order valence-corrected chi connectivity index (χ1v) is 25.0. The van der Waals surface area contributed by atoms with Gasteiger partial charge in [-0.05, 0) is 140 Å². The summed E-state index contributed by atoms with van der Waals surface area (Å²) in [6, 6.07) is 21.4. The van der Waals surface area contributed by atoms with E-state index in [1.54, 1.807) is 12.3 Å². The van der Waals surface area contributed by atoms with Gasteiger partial charge in [0.2, 0.25) is 5.88 Å². The van der Waals surface area contributed by atoms with Crippen molar-refractivity contribution in [3.05, 3.63) is 122 Å². The standard InChI is InChI=1S/C50H54ClN7O7S/c51-39-6-3-35(4-7-39)42-30-50(17-1-18-50)19-11-38(42)32-56-22-13-34(14-23-56)36-5-9-41(44(27-36)57-21-2-24-65-49-46(57)28-37-12-20-52-47(37)54-49)48(59)55-66(62,63)40-8-10-43(45(29-40)58(60)61)53-31-33-15-25-64-26-16-33/h3-10,12-13,20,27-29,33,53H,1-2,11,14-19,21-26,30-32H2,(H,52,54)(H,55,59). The second-order valence-electron chi connectivity index (χ2n) is 18.5. The number of ether oxygens (including phenoxy) is 2. The number of amides is 1. The van der Waals surface area contributed by atoms with E-state index in [0.717, 1.165) is 79.4 Å². The lowest BCUT2D eigenvalue weighted by Crippen LogP contribution is -2.36. The quantitative estimate of drug-likeness (QED) is 0.0803. The number of fused-ring (bicyclic) bond motifs is 2. The van der Waals surface area contributed by atoms with E-state index in [1.165, 1.54) is 54.5 Å². The van der Waals surface area contributed by atoms with E-state index in [4.69, 9.17) is 26.1 Å². The van der Waals surface area contributed by atoms with Gasteiger partial charge in [-0.1, -0.05) is 47.9 Å². The number of carbonyl (C=O) groups is 1. The van der Waals surface area contributed by atoms with Gasteiger partial charge in [-0.3, -0.25) is 19.8 Å². The minimum Gasteiger partial charge on any atom is -0.476 e. The fraction of sp³-hybridized carbons (Fsp3) is 0.400. The molecule has 2 fully saturated rings. The third-order valence-electron chi connectivity index (χ3n) is 14.3. The van der Waals surface area contributed by atoms with Crippen molar-refractivity contribution in [1.82, 2.24) is 19.6 Å². The Kier molecular flexibility index (Phi) is 12.4. The van der Waals surface area contributed by atoms with Gasteiger partial charge in [-0.2, -0.15) is 4.98 Å². The number of halogens is 1. The van der Waals surface area contributed by atoms with Crippen LogP contribution in [0.15, 0.2) is 95.5 Å². The molecule has 1 saturated heterocycles. The van der Waals surface area contributed by atoms with Crippen LogP contribution in [0.1, 0.15) is 85.7 Å². The molecule has 1 amide bonds. The second kappa shape index (κ2) is 18.5. The predicted molar refractivity (Wildman–Crippen MR) is 257 cm³/mol. The molecular weight excluding hydrogens is 878 g/mol. The highest BCUT2D eigenvalue weighted by Gasteiger charge is 2.41. The minimum absolute atomic E-state index is 0.120. The zero-order chi connectivity index (χ0) is 45.4. The number of benzene rings is 3. The molecule has 0 unspecified atom stereocenters. The van der Waals surface area contributed by atoms with Crippen molar-refractivity contribution in [3.63, 3.8) is 0 Å². The van der Waals surface area contributed by atoms with Crippen molar-refractivity contribution in [2.24, 2.45) is 11.3 Å². The first kappa shape index (κ1) is 44.1. The van der Waals surface area contributed by atoms with Crippen molar-refractivity contribution in [2.45, 2.75) is 69.1 Å². The van der Waals surface area contributed by atoms with Crippen LogP contribution in [-0.4, -0.2) is 86.7 Å². The summed E-state index contributed by atoms with van der Waals surface area (Å²) >= 11 is 6.31. The molecule has 1 spiro atoms. The van der Waals surface area contributed by atoms with Gasteiger partial charge in [0.1, 0.15) is 17.0 Å². The van der Waals surface area contributed by atoms with E-state index < -0.39 is 31.4 Å². The van der Waals surface area contributed by atoms with E-state index in [0.29, 0.717) is 67.6 Å². The third kappa shape index (κ3) is 9.18. The SMILES string of the molecule is O=C(NS(=O)(=O)c1ccc(NCC2CCOCC2)c([N+](=O)[O-])c1)c1ccc(C2=CCN(CC3=C(c4ccc(Cl)cc4)CC4(CCC4)CC3)CC2)cc1N1CCCOc2nc3[nH]ccc3cc21. The third-order valence-corrected chi connectivity index (χ3v) is 15.9. The van der Waals surface area contributed by atoms with Gasteiger partial charge in [0.15, 0.2) is 0 Å². The molecule has 0 bridgehead atoms. The molecule has 10 rings (SSSR count). The number of hydrogen-bond acceptors (Lipinski definition) is 11. The highest BCUT2D eigenvalue weighted by atomic mass is 35.5. The molecule has 1 saturated carbocycles. The van der Waals surface area contributed by atoms with Crippen LogP contribution in [0.3, 0.4) is 0 Å². The van der Waals surface area contributed by atoms with Crippen LogP contribution in [0.2, 0.25) is 5.02 Å². The van der Waals surface area contributed by atoms with Gasteiger partial charge in [-0.15, -0.1) is 0 Å². The Balaban J connectivity index is 0.938. The van der Waals surface area contributed by atoms with Crippen molar-refractivity contribution in [1.29, 1.82) is 0 Å². The van der Waals surface area contributed by atoms with Crippen LogP contribution in [0.4, 0.5) is 22.7 Å². The molecule has 2 aliphatic carbocycles. The van der Waals surface area contributed by atoms with E-state index in [2.05, 4.69) is 38.1 Å². The number of nitrogens with zero attached hydrogens (tertiary/aromatic N) is 4. The monoisotopic (exact) mass is 931 g/mol. The number of pyridine rings is 1. The number of H-pyrrole nitrogens is 1. The van der Waals surface area contributed by atoms with Gasteiger partial charge in [0.25, 0.3) is 21.6 Å². The molecule has 3 aliphatic heterocycles. The Morgan fingerprint density at radius 1 is 0.939 bits per heavy atom. The van der Waals surface area contributed by atoms with Crippen molar-refractivity contribution in [3.8, 4) is 5.88 Å². The maximum absolute atomic E-state index is 14.4. The van der Waals surface area contributed by atoms with E-state index in [1.807, 2.05) is 41.3 Å². The van der Waals surface area contributed by atoms with Gasteiger partial charge in [0, 0.05) is 68.6 Å². The summed E-state index contributed by atoms with van der Waals surface area (Å²) < 4.78 is 41.7. The van der Waals surface area contributed by atoms with E-state index in [9.17, 15) is 23.3 Å². The summed E-state index contributed by atoms with van der Waals surface area (Å²) in [7, 11) is -4.56. The van der Waals surface area contributed by atoms with Gasteiger partial charge < -0.3 is 24.7 Å². The lowest BCUT2D eigenvalue weighted by atomic mass is 9.59. The summed E-state index contributed by atoms with van der Waals surface area (Å²) in [5.74, 6) is -0.194. The average molecular weight is 933 g/mol. The summed E-state index contributed by atoms with van der Waals surface area (Å²) in [6.07, 6.45) is 14.5. The molecule has 14 nitrogen and oxygen atoms in total. The smallest absolute Gasteiger partial charge is 0.293 e. The van der Waals surface area contributed by atoms with Crippen molar-refractivity contribution in [2.75, 3.05) is 62.8 Å². The molecule has 344 valence electrons. The van der Waals surface area contributed by atoms with Crippen molar-refractivity contribution >= 4 is 72.5 Å². The fourth-order valence-electron chi connectivity index (χ4n) is 10.4. The second-order valence-corrected chi connectivity index (χ2v) is 20.6. The van der Waals surface area contributed by atoms with Gasteiger partial charge >= 0.3 is 0 Å². The topological polar surface area (TPSA) is 172 Å². The van der Waals surface area contributed by atoms with E-state index in [-0.39, 0.29) is 17.2 Å². The van der Waals surface area contributed by atoms with Crippen LogP contribution >= 0.6 is 11.6 Å². The van der Waals surface area contributed by atoms with Gasteiger partial charge in [-0.25, -0.2) is 13.1 Å². The molecule has 3 N–H and O–H groups in total. The lowest BCUT2D eigenvalue weighted by Gasteiger charge is -2.47. The number of aromatic nitrogens is 2. The highest BCUT2D eigenvalue weighted by Crippen LogP contribution is 2.55. The summed E-state index contributed by atoms with van der Waals surface area (Å²) in [6.45, 7) is 5.14. The van der Waals surface area contributed by atoms with Crippen LogP contribution in [0, 0.1) is 21.4 Å².